The van der Waals surface area contributed by atoms with E-state index in [0.717, 1.165) is 23.6 Å². The summed E-state index contributed by atoms with van der Waals surface area (Å²) in [6, 6.07) is 7.35. The fourth-order valence-electron chi connectivity index (χ4n) is 2.26. The maximum Gasteiger partial charge on any atom is 0.298 e. The fraction of sp³-hybridized carbons (Fsp3) is 0.200. The molecule has 3 aromatic heterocycles. The average Bonchev–Trinajstić information content (AvgIpc) is 3.16. The van der Waals surface area contributed by atoms with Crippen LogP contribution in [-0.2, 0) is 5.92 Å². The van der Waals surface area contributed by atoms with Gasteiger partial charge in [-0.2, -0.15) is 13.9 Å². The van der Waals surface area contributed by atoms with Crippen molar-refractivity contribution in [1.29, 1.82) is 0 Å². The molecule has 5 nitrogen and oxygen atoms in total. The molecule has 0 bridgehead atoms. The summed E-state index contributed by atoms with van der Waals surface area (Å²) in [5, 5.41) is 4.52. The van der Waals surface area contributed by atoms with E-state index >= 15 is 0 Å². The Bertz CT molecular complexity index is 981. The molecule has 0 aliphatic rings. The van der Waals surface area contributed by atoms with E-state index in [-0.39, 0.29) is 5.01 Å². The van der Waals surface area contributed by atoms with Gasteiger partial charge in [0.2, 0.25) is 4.96 Å². The van der Waals surface area contributed by atoms with Crippen LogP contribution >= 0.6 is 11.3 Å². The van der Waals surface area contributed by atoms with E-state index in [2.05, 4.69) is 10.1 Å². The molecule has 0 spiro atoms. The smallest absolute Gasteiger partial charge is 0.298 e. The fourth-order valence-corrected chi connectivity index (χ4v) is 3.07. The number of alkyl halides is 2. The zero-order valence-electron chi connectivity index (χ0n) is 12.2. The molecule has 0 N–H and O–H groups in total. The molecular formula is C15H11F2N3O2S. The van der Waals surface area contributed by atoms with E-state index in [1.165, 1.54) is 4.52 Å². The number of rotatable bonds is 3. The second-order valence-electron chi connectivity index (χ2n) is 5.16. The summed E-state index contributed by atoms with van der Waals surface area (Å²) in [7, 11) is 1.58. The first kappa shape index (κ1) is 14.1. The Morgan fingerprint density at radius 3 is 2.83 bits per heavy atom. The van der Waals surface area contributed by atoms with Crippen LogP contribution in [0, 0.1) is 0 Å². The summed E-state index contributed by atoms with van der Waals surface area (Å²) in [4.78, 5) is 4.71. The summed E-state index contributed by atoms with van der Waals surface area (Å²) < 4.78 is 38.8. The van der Waals surface area contributed by atoms with Gasteiger partial charge in [0.05, 0.1) is 13.3 Å². The summed E-state index contributed by atoms with van der Waals surface area (Å²) in [5.74, 6) is -1.72. The third-order valence-corrected chi connectivity index (χ3v) is 4.49. The van der Waals surface area contributed by atoms with E-state index in [0.29, 0.717) is 27.7 Å². The predicted molar refractivity (Wildman–Crippen MR) is 82.2 cm³/mol. The van der Waals surface area contributed by atoms with Gasteiger partial charge in [0.15, 0.2) is 10.8 Å². The minimum atomic E-state index is -2.97. The van der Waals surface area contributed by atoms with Gasteiger partial charge in [0.25, 0.3) is 5.92 Å². The standard InChI is InChI=1S/C15H11F2N3O2S/c1-15(16,17)13-19-20-7-10(18-14(20)23-13)12-5-8-3-4-9(21-2)6-11(8)22-12/h3-7H,1-2H3. The molecule has 0 radical (unpaired) electrons. The van der Waals surface area contributed by atoms with E-state index in [4.69, 9.17) is 9.15 Å². The molecule has 0 saturated heterocycles. The summed E-state index contributed by atoms with van der Waals surface area (Å²) >= 11 is 0.862. The molecule has 4 aromatic rings. The maximum absolute atomic E-state index is 13.3. The SMILES string of the molecule is COc1ccc2cc(-c3cn4nc(C(C)(F)F)sc4n3)oc2c1. The first-order valence-corrected chi connectivity index (χ1v) is 7.58. The van der Waals surface area contributed by atoms with Gasteiger partial charge in [-0.25, -0.2) is 9.50 Å². The largest absolute Gasteiger partial charge is 0.497 e. The normalized spacial score (nSPS) is 12.3. The van der Waals surface area contributed by atoms with E-state index in [1.54, 1.807) is 19.4 Å². The molecule has 0 unspecified atom stereocenters. The van der Waals surface area contributed by atoms with Crippen molar-refractivity contribution >= 4 is 27.3 Å². The van der Waals surface area contributed by atoms with Crippen LogP contribution in [0.4, 0.5) is 8.78 Å². The molecule has 1 aromatic carbocycles. The molecule has 23 heavy (non-hydrogen) atoms. The number of hydrogen-bond donors (Lipinski definition) is 0. The first-order valence-electron chi connectivity index (χ1n) is 6.76. The van der Waals surface area contributed by atoms with Gasteiger partial charge in [-0.05, 0) is 18.2 Å². The van der Waals surface area contributed by atoms with Crippen molar-refractivity contribution in [3.8, 4) is 17.2 Å². The van der Waals surface area contributed by atoms with Gasteiger partial charge in [0.1, 0.15) is 17.0 Å². The van der Waals surface area contributed by atoms with E-state index in [9.17, 15) is 8.78 Å². The van der Waals surface area contributed by atoms with Crippen molar-refractivity contribution in [2.45, 2.75) is 12.8 Å². The highest BCUT2D eigenvalue weighted by molar-refractivity contribution is 7.16. The van der Waals surface area contributed by atoms with E-state index in [1.807, 2.05) is 18.2 Å². The lowest BCUT2D eigenvalue weighted by molar-refractivity contribution is 0.0163. The molecule has 4 rings (SSSR count). The number of benzene rings is 1. The zero-order chi connectivity index (χ0) is 16.2. The van der Waals surface area contributed by atoms with Crippen LogP contribution in [0.15, 0.2) is 34.9 Å². The molecule has 0 fully saturated rings. The minimum absolute atomic E-state index is 0.263. The summed E-state index contributed by atoms with van der Waals surface area (Å²) in [5.41, 5.74) is 1.22. The Kier molecular flexibility index (Phi) is 2.92. The quantitative estimate of drug-likeness (QED) is 0.559. The second kappa shape index (κ2) is 4.76. The zero-order valence-corrected chi connectivity index (χ0v) is 13.0. The molecule has 0 aliphatic carbocycles. The number of aromatic nitrogens is 3. The average molecular weight is 335 g/mol. The van der Waals surface area contributed by atoms with Crippen molar-refractivity contribution in [1.82, 2.24) is 14.6 Å². The van der Waals surface area contributed by atoms with Gasteiger partial charge in [-0.1, -0.05) is 11.3 Å². The van der Waals surface area contributed by atoms with Crippen molar-refractivity contribution in [2.24, 2.45) is 0 Å². The molecule has 3 heterocycles. The monoisotopic (exact) mass is 335 g/mol. The minimum Gasteiger partial charge on any atom is -0.497 e. The lowest BCUT2D eigenvalue weighted by Crippen LogP contribution is -2.06. The molecular weight excluding hydrogens is 324 g/mol. The summed E-state index contributed by atoms with van der Waals surface area (Å²) in [6.45, 7) is 0.818. The number of nitrogens with zero attached hydrogens (tertiary/aromatic N) is 3. The lowest BCUT2D eigenvalue weighted by atomic mass is 10.2. The molecule has 8 heteroatoms. The molecule has 0 amide bonds. The van der Waals surface area contributed by atoms with Gasteiger partial charge in [0, 0.05) is 18.4 Å². The topological polar surface area (TPSA) is 52.6 Å². The van der Waals surface area contributed by atoms with Gasteiger partial charge in [-0.3, -0.25) is 0 Å². The third kappa shape index (κ3) is 2.35. The van der Waals surface area contributed by atoms with Crippen molar-refractivity contribution in [3.05, 3.63) is 35.5 Å². The van der Waals surface area contributed by atoms with Crippen LogP contribution in [0.5, 0.6) is 5.75 Å². The number of methoxy groups -OCH3 is 1. The Hall–Kier alpha value is -2.48. The Morgan fingerprint density at radius 2 is 2.13 bits per heavy atom. The molecule has 118 valence electrons. The maximum atomic E-state index is 13.3. The molecule has 0 saturated carbocycles. The number of fused-ring (bicyclic) bond motifs is 2. The number of hydrogen-bond acceptors (Lipinski definition) is 5. The lowest BCUT2D eigenvalue weighted by Gasteiger charge is -2.02. The number of halogens is 2. The van der Waals surface area contributed by atoms with Gasteiger partial charge in [-0.15, -0.1) is 0 Å². The van der Waals surface area contributed by atoms with Crippen LogP contribution in [0.2, 0.25) is 0 Å². The number of imidazole rings is 1. The highest BCUT2D eigenvalue weighted by atomic mass is 32.1. The van der Waals surface area contributed by atoms with Gasteiger partial charge >= 0.3 is 0 Å². The second-order valence-corrected chi connectivity index (χ2v) is 6.12. The van der Waals surface area contributed by atoms with Crippen molar-refractivity contribution < 1.29 is 17.9 Å². The number of ether oxygens (including phenoxy) is 1. The number of furan rings is 1. The van der Waals surface area contributed by atoms with Crippen LogP contribution < -0.4 is 4.74 Å². The molecule has 0 atom stereocenters. The van der Waals surface area contributed by atoms with Crippen LogP contribution in [0.1, 0.15) is 11.9 Å². The first-order chi connectivity index (χ1) is 10.9. The summed E-state index contributed by atoms with van der Waals surface area (Å²) in [6.07, 6.45) is 1.58. The van der Waals surface area contributed by atoms with Crippen LogP contribution in [-0.4, -0.2) is 21.7 Å². The Balaban J connectivity index is 1.77. The highest BCUT2D eigenvalue weighted by Gasteiger charge is 2.30. The third-order valence-electron chi connectivity index (χ3n) is 3.40. The van der Waals surface area contributed by atoms with Crippen LogP contribution in [0.25, 0.3) is 27.4 Å². The Morgan fingerprint density at radius 1 is 1.30 bits per heavy atom. The van der Waals surface area contributed by atoms with E-state index < -0.39 is 5.92 Å². The van der Waals surface area contributed by atoms with Crippen molar-refractivity contribution in [3.63, 3.8) is 0 Å². The van der Waals surface area contributed by atoms with Gasteiger partial charge < -0.3 is 9.15 Å². The van der Waals surface area contributed by atoms with Crippen LogP contribution in [0.3, 0.4) is 0 Å². The predicted octanol–water partition coefficient (Wildman–Crippen LogP) is 4.32. The highest BCUT2D eigenvalue weighted by Crippen LogP contribution is 2.33. The molecule has 0 aliphatic heterocycles. The Labute approximate surface area is 133 Å². The van der Waals surface area contributed by atoms with Crippen molar-refractivity contribution in [2.75, 3.05) is 7.11 Å².